The first-order chi connectivity index (χ1) is 20.4. The summed E-state index contributed by atoms with van der Waals surface area (Å²) in [5.41, 5.74) is -1.97. The lowest BCUT2D eigenvalue weighted by Gasteiger charge is -2.43. The average Bonchev–Trinajstić information content (AvgIpc) is 3.58. The molecule has 9 heteroatoms. The Morgan fingerprint density at radius 1 is 1.12 bits per heavy atom. The van der Waals surface area contributed by atoms with E-state index in [0.29, 0.717) is 50.3 Å². The molecule has 2 bridgehead atoms. The molecule has 3 aliphatic heterocycles. The summed E-state index contributed by atoms with van der Waals surface area (Å²) < 4.78 is 12.6. The summed E-state index contributed by atoms with van der Waals surface area (Å²) in [6.45, 7) is 20.2. The Kier molecular flexibility index (Phi) is 9.47. The van der Waals surface area contributed by atoms with E-state index in [-0.39, 0.29) is 30.9 Å². The number of aliphatic hydroxyl groups excluding tert-OH is 1. The molecule has 236 valence electrons. The van der Waals surface area contributed by atoms with Crippen molar-refractivity contribution in [3.05, 3.63) is 49.6 Å². The first-order valence-electron chi connectivity index (χ1n) is 15.6. The summed E-state index contributed by atoms with van der Waals surface area (Å²) >= 11 is 0. The smallest absolute Gasteiger partial charge is 0.249 e. The topological polar surface area (TPSA) is 99.6 Å². The van der Waals surface area contributed by atoms with Crippen molar-refractivity contribution in [3.8, 4) is 5.75 Å². The van der Waals surface area contributed by atoms with E-state index < -0.39 is 40.7 Å². The predicted molar refractivity (Wildman–Crippen MR) is 167 cm³/mol. The Labute approximate surface area is 256 Å². The summed E-state index contributed by atoms with van der Waals surface area (Å²) in [5, 5.41) is 10.4. The Balaban J connectivity index is 1.85. The van der Waals surface area contributed by atoms with Crippen molar-refractivity contribution in [2.45, 2.75) is 96.1 Å². The van der Waals surface area contributed by atoms with Gasteiger partial charge in [0.2, 0.25) is 17.7 Å². The van der Waals surface area contributed by atoms with E-state index in [2.05, 4.69) is 13.2 Å². The number of rotatable bonds is 13. The van der Waals surface area contributed by atoms with Crippen LogP contribution in [-0.2, 0) is 19.1 Å². The second kappa shape index (κ2) is 12.4. The van der Waals surface area contributed by atoms with E-state index in [1.54, 1.807) is 26.9 Å². The Bertz CT molecular complexity index is 1220. The van der Waals surface area contributed by atoms with Crippen LogP contribution in [0.15, 0.2) is 49.6 Å². The van der Waals surface area contributed by atoms with Gasteiger partial charge < -0.3 is 29.3 Å². The van der Waals surface area contributed by atoms with Gasteiger partial charge in [-0.15, -0.1) is 13.2 Å². The van der Waals surface area contributed by atoms with Gasteiger partial charge in [-0.1, -0.05) is 26.0 Å². The third-order valence-electron chi connectivity index (χ3n) is 9.62. The molecule has 4 rings (SSSR count). The van der Waals surface area contributed by atoms with Crippen LogP contribution in [0.4, 0.5) is 5.69 Å². The largest absolute Gasteiger partial charge is 0.494 e. The van der Waals surface area contributed by atoms with Gasteiger partial charge in [-0.25, -0.2) is 0 Å². The molecule has 43 heavy (non-hydrogen) atoms. The minimum atomic E-state index is -1.18. The van der Waals surface area contributed by atoms with Crippen molar-refractivity contribution < 1.29 is 29.0 Å². The number of carbonyl (C=O) groups excluding carboxylic acids is 3. The molecule has 0 radical (unpaired) electrons. The normalized spacial score (nSPS) is 28.4. The Hall–Kier alpha value is -3.17. The third kappa shape index (κ3) is 5.29. The number of likely N-dealkylation sites (tertiary alicyclic amines) is 1. The summed E-state index contributed by atoms with van der Waals surface area (Å²) in [6.07, 6.45) is 5.36. The van der Waals surface area contributed by atoms with Crippen molar-refractivity contribution >= 4 is 23.4 Å². The fraction of sp³-hybridized carbons (Fsp3) is 0.618. The lowest BCUT2D eigenvalue weighted by atomic mass is 9.64. The maximum atomic E-state index is 14.7. The molecule has 0 aliphatic carbocycles. The maximum absolute atomic E-state index is 14.7. The molecule has 0 saturated carbocycles. The highest BCUT2D eigenvalue weighted by Gasteiger charge is 2.79. The molecule has 1 spiro atoms. The highest BCUT2D eigenvalue weighted by atomic mass is 16.5. The first-order valence-corrected chi connectivity index (χ1v) is 15.6. The van der Waals surface area contributed by atoms with Crippen molar-refractivity contribution in [2.75, 3.05) is 31.2 Å². The molecule has 3 heterocycles. The van der Waals surface area contributed by atoms with Crippen LogP contribution < -0.4 is 9.64 Å². The number of ether oxygens (including phenoxy) is 2. The Morgan fingerprint density at radius 2 is 1.77 bits per heavy atom. The van der Waals surface area contributed by atoms with Gasteiger partial charge in [0.15, 0.2) is 0 Å². The van der Waals surface area contributed by atoms with E-state index in [1.807, 2.05) is 65.8 Å². The first kappa shape index (κ1) is 32.7. The highest BCUT2D eigenvalue weighted by molar-refractivity contribution is 6.03. The van der Waals surface area contributed by atoms with E-state index in [0.717, 1.165) is 0 Å². The van der Waals surface area contributed by atoms with E-state index >= 15 is 0 Å². The van der Waals surface area contributed by atoms with Crippen LogP contribution in [0.25, 0.3) is 0 Å². The van der Waals surface area contributed by atoms with Crippen LogP contribution in [0.5, 0.6) is 5.75 Å². The van der Waals surface area contributed by atoms with Crippen molar-refractivity contribution in [1.29, 1.82) is 0 Å². The van der Waals surface area contributed by atoms with Crippen LogP contribution in [-0.4, -0.2) is 87.8 Å². The zero-order valence-corrected chi connectivity index (χ0v) is 26.7. The van der Waals surface area contributed by atoms with Gasteiger partial charge in [-0.3, -0.25) is 14.4 Å². The summed E-state index contributed by atoms with van der Waals surface area (Å²) in [7, 11) is 0. The van der Waals surface area contributed by atoms with Crippen molar-refractivity contribution in [3.63, 3.8) is 0 Å². The number of carbonyl (C=O) groups is 3. The lowest BCUT2D eigenvalue weighted by Crippen LogP contribution is -2.61. The molecule has 1 aromatic carbocycles. The molecule has 3 fully saturated rings. The molecule has 3 amide bonds. The fourth-order valence-corrected chi connectivity index (χ4v) is 7.60. The van der Waals surface area contributed by atoms with Crippen LogP contribution >= 0.6 is 0 Å². The van der Waals surface area contributed by atoms with Gasteiger partial charge in [-0.05, 0) is 77.6 Å². The van der Waals surface area contributed by atoms with Gasteiger partial charge in [0, 0.05) is 24.3 Å². The SMILES string of the molecule is C=CCN(C(=O)[C@H]1[C@H]2C(=O)N([C@@H](CC)CO)C(C(=O)N(CC=C)C(C)(C)C)C23CC[C@]1(CC)O3)c1ccc(OCC)cc1. The molecule has 2 unspecified atom stereocenters. The lowest BCUT2D eigenvalue weighted by molar-refractivity contribution is -0.159. The molecule has 3 saturated heterocycles. The van der Waals surface area contributed by atoms with Crippen LogP contribution in [0.1, 0.15) is 67.2 Å². The van der Waals surface area contributed by atoms with Crippen LogP contribution in [0, 0.1) is 11.8 Å². The van der Waals surface area contributed by atoms with Crippen molar-refractivity contribution in [1.82, 2.24) is 9.80 Å². The molecule has 1 aromatic rings. The van der Waals surface area contributed by atoms with Gasteiger partial charge in [0.1, 0.15) is 17.4 Å². The molecular formula is C34H49N3O6. The van der Waals surface area contributed by atoms with Gasteiger partial charge in [-0.2, -0.15) is 0 Å². The van der Waals surface area contributed by atoms with Crippen LogP contribution in [0.2, 0.25) is 0 Å². The maximum Gasteiger partial charge on any atom is 0.249 e. The molecule has 3 aliphatic rings. The number of hydrogen-bond donors (Lipinski definition) is 1. The number of nitrogens with zero attached hydrogens (tertiary/aromatic N) is 3. The van der Waals surface area contributed by atoms with E-state index in [9.17, 15) is 19.5 Å². The molecule has 1 N–H and O–H groups in total. The number of benzene rings is 1. The van der Waals surface area contributed by atoms with Gasteiger partial charge in [0.25, 0.3) is 0 Å². The van der Waals surface area contributed by atoms with Gasteiger partial charge in [0.05, 0.1) is 36.7 Å². The predicted octanol–water partition coefficient (Wildman–Crippen LogP) is 4.34. The van der Waals surface area contributed by atoms with Gasteiger partial charge >= 0.3 is 0 Å². The fourth-order valence-electron chi connectivity index (χ4n) is 7.60. The zero-order valence-electron chi connectivity index (χ0n) is 26.7. The number of hydrogen-bond acceptors (Lipinski definition) is 6. The third-order valence-corrected chi connectivity index (χ3v) is 9.62. The van der Waals surface area contributed by atoms with Crippen molar-refractivity contribution in [2.24, 2.45) is 11.8 Å². The average molecular weight is 596 g/mol. The Morgan fingerprint density at radius 3 is 2.28 bits per heavy atom. The summed E-state index contributed by atoms with van der Waals surface area (Å²) in [6, 6.07) is 5.76. The molecule has 0 aromatic heterocycles. The number of anilines is 1. The standard InChI is InChI=1S/C34H49N3O6/c1-9-20-35(24-14-16-25(17-15-24)42-13-5)29(39)26-27-30(40)37(23(11-3)22-38)28(31(41)36(21-10-2)32(6,7)8)34(27)19-18-33(26,12-4)43-34/h9-10,14-17,23,26-28,38H,1-2,11-13,18-22H2,3-8H3/t23-,26+,27-,28?,33-,34?/m0/s1. The number of aliphatic hydroxyl groups is 1. The minimum Gasteiger partial charge on any atom is -0.494 e. The monoisotopic (exact) mass is 595 g/mol. The summed E-state index contributed by atoms with van der Waals surface area (Å²) in [5.74, 6) is -1.73. The number of fused-ring (bicyclic) bond motifs is 1. The second-order valence-corrected chi connectivity index (χ2v) is 12.9. The quantitative estimate of drug-likeness (QED) is 0.341. The second-order valence-electron chi connectivity index (χ2n) is 12.9. The molecule has 6 atom stereocenters. The minimum absolute atomic E-state index is 0.227. The van der Waals surface area contributed by atoms with E-state index in [1.165, 1.54) is 0 Å². The number of amides is 3. The molecular weight excluding hydrogens is 546 g/mol. The highest BCUT2D eigenvalue weighted by Crippen LogP contribution is 2.65. The zero-order chi connectivity index (χ0) is 31.7. The molecule has 9 nitrogen and oxygen atoms in total. The van der Waals surface area contributed by atoms with E-state index in [4.69, 9.17) is 9.47 Å². The summed E-state index contributed by atoms with van der Waals surface area (Å²) in [4.78, 5) is 48.9. The van der Waals surface area contributed by atoms with Crippen LogP contribution in [0.3, 0.4) is 0 Å².